The molecule has 0 bridgehead atoms. The minimum atomic E-state index is -1.17. The first-order chi connectivity index (χ1) is 13.4. The number of methoxy groups -OCH3 is 1. The largest absolute Gasteiger partial charge is 0.482 e. The maximum atomic E-state index is 12.5. The van der Waals surface area contributed by atoms with Gasteiger partial charge in [0.2, 0.25) is 5.91 Å². The van der Waals surface area contributed by atoms with Gasteiger partial charge in [0.05, 0.1) is 29.6 Å². The first-order valence-electron chi connectivity index (χ1n) is 8.18. The van der Waals surface area contributed by atoms with Crippen molar-refractivity contribution in [1.82, 2.24) is 0 Å². The molecule has 0 saturated carbocycles. The molecule has 3 rings (SSSR count). The van der Waals surface area contributed by atoms with Gasteiger partial charge in [-0.15, -0.1) is 0 Å². The fourth-order valence-corrected chi connectivity index (χ4v) is 2.72. The molecule has 0 fully saturated rings. The maximum absolute atomic E-state index is 12.5. The van der Waals surface area contributed by atoms with E-state index in [9.17, 15) is 19.2 Å². The summed E-state index contributed by atoms with van der Waals surface area (Å²) in [6.45, 7) is -0.654. The number of esters is 1. The summed E-state index contributed by atoms with van der Waals surface area (Å²) in [5, 5.41) is 11.7. The topological polar surface area (TPSA) is 122 Å². The lowest BCUT2D eigenvalue weighted by Gasteiger charge is -2.29. The molecule has 0 saturated heterocycles. The number of fused-ring (bicyclic) bond motifs is 1. The number of carboxylic acids is 1. The molecule has 1 aliphatic rings. The summed E-state index contributed by atoms with van der Waals surface area (Å²) in [6.07, 6.45) is 0. The molecule has 9 nitrogen and oxygen atoms in total. The molecule has 1 heterocycles. The average Bonchev–Trinajstić information content (AvgIpc) is 2.69. The number of amides is 2. The third kappa shape index (κ3) is 3.78. The lowest BCUT2D eigenvalue weighted by Crippen LogP contribution is -2.43. The number of nitrogens with zero attached hydrogens (tertiary/aromatic N) is 1. The van der Waals surface area contributed by atoms with E-state index < -0.39 is 23.8 Å². The molecule has 9 heteroatoms. The molecular formula is C19H16N2O7. The molecule has 0 spiro atoms. The summed E-state index contributed by atoms with van der Waals surface area (Å²) in [5.41, 5.74) is 0.547. The van der Waals surface area contributed by atoms with Crippen LogP contribution in [0, 0.1) is 0 Å². The Bertz CT molecular complexity index is 971. The number of hydrogen-bond donors (Lipinski definition) is 2. The first kappa shape index (κ1) is 18.9. The van der Waals surface area contributed by atoms with Crippen molar-refractivity contribution in [2.75, 3.05) is 30.5 Å². The van der Waals surface area contributed by atoms with Crippen LogP contribution in [0.5, 0.6) is 5.75 Å². The summed E-state index contributed by atoms with van der Waals surface area (Å²) < 4.78 is 9.97. The van der Waals surface area contributed by atoms with Gasteiger partial charge in [0.25, 0.3) is 5.91 Å². The van der Waals surface area contributed by atoms with Gasteiger partial charge in [0.15, 0.2) is 6.61 Å². The Hall–Kier alpha value is -3.88. The highest BCUT2D eigenvalue weighted by Gasteiger charge is 2.28. The van der Waals surface area contributed by atoms with Crippen molar-refractivity contribution in [3.05, 3.63) is 53.6 Å². The second-order valence-electron chi connectivity index (χ2n) is 5.84. The molecule has 2 N–H and O–H groups in total. The highest BCUT2D eigenvalue weighted by molar-refractivity contribution is 6.07. The molecule has 0 radical (unpaired) electrons. The monoisotopic (exact) mass is 384 g/mol. The molecular weight excluding hydrogens is 368 g/mol. The van der Waals surface area contributed by atoms with Crippen molar-refractivity contribution in [1.29, 1.82) is 0 Å². The number of rotatable bonds is 5. The second-order valence-corrected chi connectivity index (χ2v) is 5.84. The number of hydrogen-bond acceptors (Lipinski definition) is 6. The number of carbonyl (C=O) groups excluding carboxylic acids is 3. The first-order valence-corrected chi connectivity index (χ1v) is 8.18. The van der Waals surface area contributed by atoms with Gasteiger partial charge in [-0.3, -0.25) is 14.5 Å². The predicted octanol–water partition coefficient (Wildman–Crippen LogP) is 1.54. The van der Waals surface area contributed by atoms with Crippen molar-refractivity contribution in [3.63, 3.8) is 0 Å². The van der Waals surface area contributed by atoms with Crippen LogP contribution in [0.3, 0.4) is 0 Å². The van der Waals surface area contributed by atoms with Gasteiger partial charge in [-0.05, 0) is 30.3 Å². The second kappa shape index (κ2) is 7.78. The SMILES string of the molecule is COC(=O)c1ccccc1NC(=O)CN1C(=O)COc2ccc(C(=O)O)cc21. The van der Waals surface area contributed by atoms with E-state index in [1.807, 2.05) is 0 Å². The maximum Gasteiger partial charge on any atom is 0.339 e. The molecule has 2 aromatic carbocycles. The van der Waals surface area contributed by atoms with Crippen LogP contribution in [0.4, 0.5) is 11.4 Å². The van der Waals surface area contributed by atoms with E-state index in [0.29, 0.717) is 5.75 Å². The highest BCUT2D eigenvalue weighted by Crippen LogP contribution is 2.33. The molecule has 144 valence electrons. The Morgan fingerprint density at radius 2 is 1.96 bits per heavy atom. The van der Waals surface area contributed by atoms with Crippen LogP contribution in [0.1, 0.15) is 20.7 Å². The van der Waals surface area contributed by atoms with Crippen LogP contribution in [0.25, 0.3) is 0 Å². The van der Waals surface area contributed by atoms with E-state index >= 15 is 0 Å². The number of anilines is 2. The van der Waals surface area contributed by atoms with Crippen LogP contribution in [0.2, 0.25) is 0 Å². The zero-order chi connectivity index (χ0) is 20.3. The molecule has 0 aliphatic carbocycles. The van der Waals surface area contributed by atoms with Gasteiger partial charge in [-0.1, -0.05) is 12.1 Å². The third-order valence-corrected chi connectivity index (χ3v) is 4.06. The van der Waals surface area contributed by atoms with Crippen LogP contribution >= 0.6 is 0 Å². The molecule has 0 atom stereocenters. The van der Waals surface area contributed by atoms with Crippen LogP contribution in [-0.2, 0) is 14.3 Å². The molecule has 0 unspecified atom stereocenters. The predicted molar refractivity (Wildman–Crippen MR) is 97.7 cm³/mol. The quantitative estimate of drug-likeness (QED) is 0.750. The Kier molecular flexibility index (Phi) is 5.25. The lowest BCUT2D eigenvalue weighted by molar-refractivity contribution is -0.123. The van der Waals surface area contributed by atoms with Gasteiger partial charge in [-0.2, -0.15) is 0 Å². The van der Waals surface area contributed by atoms with Crippen LogP contribution < -0.4 is 15.0 Å². The number of aromatic carboxylic acids is 1. The summed E-state index contributed by atoms with van der Waals surface area (Å²) >= 11 is 0. The Morgan fingerprint density at radius 3 is 2.68 bits per heavy atom. The van der Waals surface area contributed by atoms with E-state index in [1.54, 1.807) is 12.1 Å². The molecule has 0 aromatic heterocycles. The summed E-state index contributed by atoms with van der Waals surface area (Å²) in [6, 6.07) is 10.3. The fourth-order valence-electron chi connectivity index (χ4n) is 2.72. The smallest absolute Gasteiger partial charge is 0.339 e. The van der Waals surface area contributed by atoms with Crippen molar-refractivity contribution in [3.8, 4) is 5.75 Å². The summed E-state index contributed by atoms with van der Waals surface area (Å²) in [7, 11) is 1.23. The number of benzene rings is 2. The number of nitrogens with one attached hydrogen (secondary N) is 1. The van der Waals surface area contributed by atoms with E-state index in [0.717, 1.165) is 4.90 Å². The number of ether oxygens (including phenoxy) is 2. The highest BCUT2D eigenvalue weighted by atomic mass is 16.5. The van der Waals surface area contributed by atoms with Gasteiger partial charge >= 0.3 is 11.9 Å². The number of carboxylic acid groups (broad SMARTS) is 1. The minimum absolute atomic E-state index is 0.0431. The van der Waals surface area contributed by atoms with Gasteiger partial charge in [0, 0.05) is 0 Å². The van der Waals surface area contributed by atoms with Gasteiger partial charge in [0.1, 0.15) is 12.3 Å². The third-order valence-electron chi connectivity index (χ3n) is 4.06. The van der Waals surface area contributed by atoms with Crippen molar-refractivity contribution in [2.24, 2.45) is 0 Å². The Morgan fingerprint density at radius 1 is 1.21 bits per heavy atom. The summed E-state index contributed by atoms with van der Waals surface area (Å²) in [4.78, 5) is 48.9. The van der Waals surface area contributed by atoms with Crippen LogP contribution in [-0.4, -0.2) is 49.1 Å². The Balaban J connectivity index is 1.84. The average molecular weight is 384 g/mol. The minimum Gasteiger partial charge on any atom is -0.482 e. The Labute approximate surface area is 159 Å². The van der Waals surface area contributed by atoms with E-state index in [1.165, 1.54) is 37.4 Å². The van der Waals surface area contributed by atoms with Crippen molar-refractivity contribution in [2.45, 2.75) is 0 Å². The molecule has 1 aliphatic heterocycles. The summed E-state index contributed by atoms with van der Waals surface area (Å²) in [5.74, 6) is -2.55. The molecule has 2 aromatic rings. The number of carbonyl (C=O) groups is 4. The lowest BCUT2D eigenvalue weighted by atomic mass is 10.1. The van der Waals surface area contributed by atoms with Crippen LogP contribution in [0.15, 0.2) is 42.5 Å². The number of para-hydroxylation sites is 1. The zero-order valence-corrected chi connectivity index (χ0v) is 14.8. The van der Waals surface area contributed by atoms with Crippen molar-refractivity contribution >= 4 is 35.1 Å². The van der Waals surface area contributed by atoms with Gasteiger partial charge in [-0.25, -0.2) is 9.59 Å². The normalized spacial score (nSPS) is 12.6. The van der Waals surface area contributed by atoms with Crippen molar-refractivity contribution < 1.29 is 33.8 Å². The molecule has 2 amide bonds. The fraction of sp³-hybridized carbons (Fsp3) is 0.158. The van der Waals surface area contributed by atoms with E-state index in [-0.39, 0.29) is 35.7 Å². The molecule has 28 heavy (non-hydrogen) atoms. The standard InChI is InChI=1S/C19H16N2O7/c1-27-19(26)12-4-2-3-5-13(12)20-16(22)9-21-14-8-11(18(24)25)6-7-15(14)28-10-17(21)23/h2-8H,9-10H2,1H3,(H,20,22)(H,24,25). The van der Waals surface area contributed by atoms with E-state index in [2.05, 4.69) is 10.1 Å². The zero-order valence-electron chi connectivity index (χ0n) is 14.8. The van der Waals surface area contributed by atoms with Gasteiger partial charge < -0.3 is 19.9 Å². The van der Waals surface area contributed by atoms with E-state index in [4.69, 9.17) is 9.84 Å².